The zero-order chi connectivity index (χ0) is 17.0. The van der Waals surface area contributed by atoms with Gasteiger partial charge in [0.05, 0.1) is 12.9 Å². The highest BCUT2D eigenvalue weighted by molar-refractivity contribution is 5.79. The SMILES string of the molecule is CCNC(=NCCc1ccco1)NCCc1cccc(OCC)c1. The minimum absolute atomic E-state index is 0.689. The van der Waals surface area contributed by atoms with Crippen LogP contribution in [0.3, 0.4) is 0 Å². The third-order valence-electron chi connectivity index (χ3n) is 3.47. The van der Waals surface area contributed by atoms with Crippen LogP contribution in [0.25, 0.3) is 0 Å². The van der Waals surface area contributed by atoms with Crippen molar-refractivity contribution in [2.75, 3.05) is 26.2 Å². The van der Waals surface area contributed by atoms with E-state index >= 15 is 0 Å². The van der Waals surface area contributed by atoms with Gasteiger partial charge < -0.3 is 19.8 Å². The van der Waals surface area contributed by atoms with E-state index in [-0.39, 0.29) is 0 Å². The van der Waals surface area contributed by atoms with Crippen molar-refractivity contribution in [3.63, 3.8) is 0 Å². The van der Waals surface area contributed by atoms with Gasteiger partial charge in [-0.1, -0.05) is 12.1 Å². The summed E-state index contributed by atoms with van der Waals surface area (Å²) >= 11 is 0. The lowest BCUT2D eigenvalue weighted by Gasteiger charge is -2.11. The van der Waals surface area contributed by atoms with Crippen molar-refractivity contribution >= 4 is 5.96 Å². The fourth-order valence-corrected chi connectivity index (χ4v) is 2.36. The highest BCUT2D eigenvalue weighted by Crippen LogP contribution is 2.13. The molecule has 0 unspecified atom stereocenters. The zero-order valence-corrected chi connectivity index (χ0v) is 14.5. The lowest BCUT2D eigenvalue weighted by Crippen LogP contribution is -2.38. The van der Waals surface area contributed by atoms with Gasteiger partial charge in [-0.2, -0.15) is 0 Å². The summed E-state index contributed by atoms with van der Waals surface area (Å²) in [4.78, 5) is 4.58. The van der Waals surface area contributed by atoms with Gasteiger partial charge in [-0.05, 0) is 50.1 Å². The Hall–Kier alpha value is -2.43. The smallest absolute Gasteiger partial charge is 0.191 e. The highest BCUT2D eigenvalue weighted by atomic mass is 16.5. The van der Waals surface area contributed by atoms with Crippen LogP contribution in [-0.2, 0) is 12.8 Å². The van der Waals surface area contributed by atoms with Gasteiger partial charge in [-0.15, -0.1) is 0 Å². The van der Waals surface area contributed by atoms with E-state index in [4.69, 9.17) is 9.15 Å². The summed E-state index contributed by atoms with van der Waals surface area (Å²) in [7, 11) is 0. The molecule has 130 valence electrons. The molecule has 2 rings (SSSR count). The summed E-state index contributed by atoms with van der Waals surface area (Å²) in [6.45, 7) is 7.11. The Morgan fingerprint density at radius 3 is 2.79 bits per heavy atom. The molecule has 0 aliphatic rings. The molecule has 0 spiro atoms. The van der Waals surface area contributed by atoms with Gasteiger partial charge >= 0.3 is 0 Å². The summed E-state index contributed by atoms with van der Waals surface area (Å²) in [5.41, 5.74) is 1.25. The van der Waals surface area contributed by atoms with Crippen molar-refractivity contribution < 1.29 is 9.15 Å². The third kappa shape index (κ3) is 6.36. The van der Waals surface area contributed by atoms with Gasteiger partial charge in [-0.25, -0.2) is 0 Å². The van der Waals surface area contributed by atoms with Crippen LogP contribution in [-0.4, -0.2) is 32.2 Å². The van der Waals surface area contributed by atoms with Crippen molar-refractivity contribution in [3.05, 3.63) is 54.0 Å². The Bertz CT molecular complexity index is 609. The summed E-state index contributed by atoms with van der Waals surface area (Å²) in [6.07, 6.45) is 3.42. The van der Waals surface area contributed by atoms with E-state index in [1.807, 2.05) is 31.2 Å². The van der Waals surface area contributed by atoms with Crippen LogP contribution < -0.4 is 15.4 Å². The van der Waals surface area contributed by atoms with Crippen molar-refractivity contribution in [1.29, 1.82) is 0 Å². The van der Waals surface area contributed by atoms with Crippen molar-refractivity contribution in [2.45, 2.75) is 26.7 Å². The van der Waals surface area contributed by atoms with E-state index in [1.54, 1.807) is 6.26 Å². The molecule has 2 N–H and O–H groups in total. The number of hydrogen-bond donors (Lipinski definition) is 2. The summed E-state index contributed by atoms with van der Waals surface area (Å²) in [5.74, 6) is 2.72. The maximum Gasteiger partial charge on any atom is 0.191 e. The van der Waals surface area contributed by atoms with Crippen LogP contribution in [0.2, 0.25) is 0 Å². The van der Waals surface area contributed by atoms with Crippen LogP contribution in [0.4, 0.5) is 0 Å². The topological polar surface area (TPSA) is 58.8 Å². The van der Waals surface area contributed by atoms with Gasteiger partial charge in [0.2, 0.25) is 0 Å². The average molecular weight is 329 g/mol. The molecule has 0 bridgehead atoms. The first-order chi connectivity index (χ1) is 11.8. The number of benzene rings is 1. The number of nitrogens with zero attached hydrogens (tertiary/aromatic N) is 1. The van der Waals surface area contributed by atoms with Gasteiger partial charge in [0.1, 0.15) is 11.5 Å². The molecule has 0 saturated heterocycles. The normalized spacial score (nSPS) is 11.3. The highest BCUT2D eigenvalue weighted by Gasteiger charge is 2.00. The standard InChI is InChI=1S/C19H27N3O2/c1-3-20-19(22-13-11-17-9-6-14-24-17)21-12-10-16-7-5-8-18(15-16)23-4-2/h5-9,14-15H,3-4,10-13H2,1-2H3,(H2,20,21,22). The molecule has 1 aromatic carbocycles. The molecule has 0 fully saturated rings. The molecule has 0 amide bonds. The Morgan fingerprint density at radius 1 is 1.12 bits per heavy atom. The molecule has 24 heavy (non-hydrogen) atoms. The van der Waals surface area contributed by atoms with E-state index in [0.29, 0.717) is 13.2 Å². The maximum atomic E-state index is 5.54. The molecule has 5 heteroatoms. The molecule has 0 aliphatic heterocycles. The number of nitrogens with one attached hydrogen (secondary N) is 2. The molecule has 0 atom stereocenters. The summed E-state index contributed by atoms with van der Waals surface area (Å²) in [6, 6.07) is 12.1. The monoisotopic (exact) mass is 329 g/mol. The first-order valence-corrected chi connectivity index (χ1v) is 8.58. The third-order valence-corrected chi connectivity index (χ3v) is 3.47. The maximum absolute atomic E-state index is 5.54. The molecular weight excluding hydrogens is 302 g/mol. The van der Waals surface area contributed by atoms with Gasteiger partial charge in [-0.3, -0.25) is 4.99 Å². The molecular formula is C19H27N3O2. The average Bonchev–Trinajstić information content (AvgIpc) is 3.09. The van der Waals surface area contributed by atoms with E-state index < -0.39 is 0 Å². The first kappa shape index (κ1) is 17.9. The number of aliphatic imine (C=N–C) groups is 1. The van der Waals surface area contributed by atoms with Crippen molar-refractivity contribution in [2.24, 2.45) is 4.99 Å². The van der Waals surface area contributed by atoms with E-state index in [0.717, 1.165) is 43.4 Å². The molecule has 2 aromatic rings. The Balaban J connectivity index is 1.79. The predicted molar refractivity (Wildman–Crippen MR) is 97.7 cm³/mol. The second-order valence-corrected chi connectivity index (χ2v) is 5.35. The molecule has 0 aliphatic carbocycles. The predicted octanol–water partition coefficient (Wildman–Crippen LogP) is 3.02. The molecule has 5 nitrogen and oxygen atoms in total. The van der Waals surface area contributed by atoms with E-state index in [9.17, 15) is 0 Å². The molecule has 0 radical (unpaired) electrons. The van der Waals surface area contributed by atoms with Crippen molar-refractivity contribution in [3.8, 4) is 5.75 Å². The minimum Gasteiger partial charge on any atom is -0.494 e. The molecule has 1 aromatic heterocycles. The minimum atomic E-state index is 0.689. The van der Waals surface area contributed by atoms with Crippen LogP contribution in [0, 0.1) is 0 Å². The van der Waals surface area contributed by atoms with Crippen LogP contribution in [0.15, 0.2) is 52.1 Å². The van der Waals surface area contributed by atoms with E-state index in [1.165, 1.54) is 5.56 Å². The lowest BCUT2D eigenvalue weighted by atomic mass is 10.1. The van der Waals surface area contributed by atoms with Gasteiger partial charge in [0, 0.05) is 26.1 Å². The largest absolute Gasteiger partial charge is 0.494 e. The number of furan rings is 1. The summed E-state index contributed by atoms with van der Waals surface area (Å²) < 4.78 is 10.9. The fraction of sp³-hybridized carbons (Fsp3) is 0.421. The van der Waals surface area contributed by atoms with Crippen LogP contribution in [0.5, 0.6) is 5.75 Å². The van der Waals surface area contributed by atoms with Gasteiger partial charge in [0.25, 0.3) is 0 Å². The number of ether oxygens (including phenoxy) is 1. The lowest BCUT2D eigenvalue weighted by molar-refractivity contribution is 0.340. The Morgan fingerprint density at radius 2 is 2.04 bits per heavy atom. The molecule has 0 saturated carbocycles. The molecule has 1 heterocycles. The summed E-state index contributed by atoms with van der Waals surface area (Å²) in [5, 5.41) is 6.63. The fourth-order valence-electron chi connectivity index (χ4n) is 2.36. The Kier molecular flexibility index (Phi) is 7.74. The number of hydrogen-bond acceptors (Lipinski definition) is 3. The van der Waals surface area contributed by atoms with Gasteiger partial charge in [0.15, 0.2) is 5.96 Å². The Labute approximate surface area is 144 Å². The van der Waals surface area contributed by atoms with Crippen LogP contribution in [0.1, 0.15) is 25.2 Å². The number of guanidine groups is 1. The first-order valence-electron chi connectivity index (χ1n) is 8.58. The van der Waals surface area contributed by atoms with Crippen LogP contribution >= 0.6 is 0 Å². The van der Waals surface area contributed by atoms with Crippen molar-refractivity contribution in [1.82, 2.24) is 10.6 Å². The number of rotatable bonds is 9. The van der Waals surface area contributed by atoms with E-state index in [2.05, 4.69) is 34.7 Å². The second kappa shape index (κ2) is 10.4. The zero-order valence-electron chi connectivity index (χ0n) is 14.5. The second-order valence-electron chi connectivity index (χ2n) is 5.35. The quantitative estimate of drug-likeness (QED) is 0.548.